The molecule has 1 aromatic carbocycles. The highest BCUT2D eigenvalue weighted by Gasteiger charge is 2.43. The third-order valence-electron chi connectivity index (χ3n) is 4.68. The van der Waals surface area contributed by atoms with Gasteiger partial charge >= 0.3 is 0 Å². The van der Waals surface area contributed by atoms with Crippen LogP contribution in [0.2, 0.25) is 0 Å². The van der Waals surface area contributed by atoms with E-state index in [1.54, 1.807) is 0 Å². The van der Waals surface area contributed by atoms with Crippen LogP contribution >= 0.6 is 0 Å². The van der Waals surface area contributed by atoms with Gasteiger partial charge in [-0.25, -0.2) is 4.90 Å². The van der Waals surface area contributed by atoms with Crippen LogP contribution in [0.1, 0.15) is 18.9 Å². The molecule has 118 valence electrons. The molecule has 5 heteroatoms. The standard InChI is InChI=1S/C17H23N3O2/c1-3-18-7-9-19(10-8-18)15-12-16(21)20(17(15)22)14-6-4-5-13(2)11-14/h4-6,11,15H,3,7-10,12H2,1-2H3/t15-/m1/s1. The van der Waals surface area contributed by atoms with Gasteiger partial charge in [-0.2, -0.15) is 0 Å². The zero-order valence-corrected chi connectivity index (χ0v) is 13.3. The van der Waals surface area contributed by atoms with Crippen LogP contribution < -0.4 is 4.90 Å². The highest BCUT2D eigenvalue weighted by Crippen LogP contribution is 2.26. The first kappa shape index (κ1) is 15.2. The van der Waals surface area contributed by atoms with E-state index in [1.807, 2.05) is 31.2 Å². The van der Waals surface area contributed by atoms with Crippen LogP contribution in [0.15, 0.2) is 24.3 Å². The van der Waals surface area contributed by atoms with Crippen molar-refractivity contribution in [1.29, 1.82) is 0 Å². The van der Waals surface area contributed by atoms with Crippen LogP contribution in [0.5, 0.6) is 0 Å². The second-order valence-electron chi connectivity index (χ2n) is 6.10. The van der Waals surface area contributed by atoms with Crippen molar-refractivity contribution in [2.75, 3.05) is 37.6 Å². The fourth-order valence-electron chi connectivity index (χ4n) is 3.33. The Bertz CT molecular complexity index is 579. The molecule has 2 heterocycles. The van der Waals surface area contributed by atoms with Gasteiger partial charge in [-0.15, -0.1) is 0 Å². The highest BCUT2D eigenvalue weighted by atomic mass is 16.2. The van der Waals surface area contributed by atoms with E-state index in [9.17, 15) is 9.59 Å². The van der Waals surface area contributed by atoms with E-state index in [1.165, 1.54) is 4.90 Å². The molecular weight excluding hydrogens is 278 g/mol. The molecule has 0 unspecified atom stereocenters. The summed E-state index contributed by atoms with van der Waals surface area (Å²) in [6, 6.07) is 7.30. The van der Waals surface area contributed by atoms with E-state index in [-0.39, 0.29) is 17.9 Å². The quantitative estimate of drug-likeness (QED) is 0.789. The molecule has 0 bridgehead atoms. The molecule has 0 saturated carbocycles. The van der Waals surface area contributed by atoms with Gasteiger partial charge in [0.05, 0.1) is 18.2 Å². The van der Waals surface area contributed by atoms with Crippen LogP contribution in [0.4, 0.5) is 5.69 Å². The third-order valence-corrected chi connectivity index (χ3v) is 4.68. The Morgan fingerprint density at radius 1 is 1.14 bits per heavy atom. The monoisotopic (exact) mass is 301 g/mol. The van der Waals surface area contributed by atoms with E-state index in [0.717, 1.165) is 38.3 Å². The molecule has 0 aliphatic carbocycles. The number of likely N-dealkylation sites (N-methyl/N-ethyl adjacent to an activating group) is 1. The van der Waals surface area contributed by atoms with Gasteiger partial charge in [-0.05, 0) is 31.2 Å². The highest BCUT2D eigenvalue weighted by molar-refractivity contribution is 6.22. The maximum absolute atomic E-state index is 12.7. The predicted octanol–water partition coefficient (Wildman–Crippen LogP) is 1.26. The number of amides is 2. The summed E-state index contributed by atoms with van der Waals surface area (Å²) in [5.74, 6) is -0.154. The minimum Gasteiger partial charge on any atom is -0.301 e. The van der Waals surface area contributed by atoms with E-state index >= 15 is 0 Å². The SMILES string of the molecule is CCN1CCN([C@@H]2CC(=O)N(c3cccc(C)c3)C2=O)CC1. The van der Waals surface area contributed by atoms with Gasteiger partial charge < -0.3 is 4.90 Å². The second kappa shape index (κ2) is 6.18. The van der Waals surface area contributed by atoms with Gasteiger partial charge in [-0.1, -0.05) is 19.1 Å². The topological polar surface area (TPSA) is 43.9 Å². The average Bonchev–Trinajstić information content (AvgIpc) is 2.82. The van der Waals surface area contributed by atoms with Crippen molar-refractivity contribution in [2.24, 2.45) is 0 Å². The van der Waals surface area contributed by atoms with Crippen LogP contribution in [0, 0.1) is 6.92 Å². The lowest BCUT2D eigenvalue weighted by Gasteiger charge is -2.36. The van der Waals surface area contributed by atoms with Gasteiger partial charge in [0.2, 0.25) is 5.91 Å². The molecule has 0 spiro atoms. The summed E-state index contributed by atoms with van der Waals surface area (Å²) in [4.78, 5) is 31.0. The van der Waals surface area contributed by atoms with Gasteiger partial charge in [0.15, 0.2) is 0 Å². The third kappa shape index (κ3) is 2.78. The molecule has 0 aromatic heterocycles. The van der Waals surface area contributed by atoms with E-state index in [2.05, 4.69) is 16.7 Å². The van der Waals surface area contributed by atoms with Gasteiger partial charge in [0.25, 0.3) is 5.91 Å². The number of imide groups is 1. The Labute approximate surface area is 131 Å². The summed E-state index contributed by atoms with van der Waals surface area (Å²) in [7, 11) is 0. The largest absolute Gasteiger partial charge is 0.301 e. The number of carbonyl (C=O) groups excluding carboxylic acids is 2. The molecule has 22 heavy (non-hydrogen) atoms. The first-order valence-corrected chi connectivity index (χ1v) is 8.00. The number of anilines is 1. The smallest absolute Gasteiger partial charge is 0.251 e. The number of hydrogen-bond acceptors (Lipinski definition) is 4. The molecule has 2 amide bonds. The summed E-state index contributed by atoms with van der Waals surface area (Å²) in [6.07, 6.45) is 0.304. The van der Waals surface area contributed by atoms with Gasteiger partial charge in [-0.3, -0.25) is 14.5 Å². The van der Waals surface area contributed by atoms with Crippen LogP contribution in [-0.4, -0.2) is 60.4 Å². The number of nitrogens with zero attached hydrogens (tertiary/aromatic N) is 3. The fraction of sp³-hybridized carbons (Fsp3) is 0.529. The number of carbonyl (C=O) groups is 2. The first-order chi connectivity index (χ1) is 10.6. The molecule has 0 radical (unpaired) electrons. The number of rotatable bonds is 3. The van der Waals surface area contributed by atoms with Crippen LogP contribution in [-0.2, 0) is 9.59 Å². The minimum absolute atomic E-state index is 0.0689. The first-order valence-electron chi connectivity index (χ1n) is 8.00. The number of piperazine rings is 1. The lowest BCUT2D eigenvalue weighted by molar-refractivity contribution is -0.123. The second-order valence-corrected chi connectivity index (χ2v) is 6.10. The fourth-order valence-corrected chi connectivity index (χ4v) is 3.33. The molecule has 2 aliphatic rings. The van der Waals surface area contributed by atoms with Crippen molar-refractivity contribution < 1.29 is 9.59 Å². The Morgan fingerprint density at radius 3 is 2.50 bits per heavy atom. The molecule has 1 aromatic rings. The van der Waals surface area contributed by atoms with E-state index in [0.29, 0.717) is 12.1 Å². The molecule has 2 saturated heterocycles. The van der Waals surface area contributed by atoms with E-state index < -0.39 is 0 Å². The molecule has 3 rings (SSSR count). The van der Waals surface area contributed by atoms with Crippen LogP contribution in [0.3, 0.4) is 0 Å². The normalized spacial score (nSPS) is 24.3. The molecule has 2 fully saturated rings. The zero-order valence-electron chi connectivity index (χ0n) is 13.3. The Kier molecular flexibility index (Phi) is 4.27. The zero-order chi connectivity index (χ0) is 15.7. The summed E-state index contributed by atoms with van der Waals surface area (Å²) >= 11 is 0. The van der Waals surface area contributed by atoms with E-state index in [4.69, 9.17) is 0 Å². The average molecular weight is 301 g/mol. The van der Waals surface area contributed by atoms with Crippen molar-refractivity contribution >= 4 is 17.5 Å². The lowest BCUT2D eigenvalue weighted by atomic mass is 10.1. The number of aryl methyl sites for hydroxylation is 1. The summed E-state index contributed by atoms with van der Waals surface area (Å²) in [6.45, 7) is 8.83. The van der Waals surface area contributed by atoms with Crippen molar-refractivity contribution in [3.63, 3.8) is 0 Å². The number of hydrogen-bond donors (Lipinski definition) is 0. The lowest BCUT2D eigenvalue weighted by Crippen LogP contribution is -2.52. The summed E-state index contributed by atoms with van der Waals surface area (Å²) in [5, 5.41) is 0. The molecule has 5 nitrogen and oxygen atoms in total. The Balaban J connectivity index is 1.75. The van der Waals surface area contributed by atoms with Crippen molar-refractivity contribution in [1.82, 2.24) is 9.80 Å². The van der Waals surface area contributed by atoms with Gasteiger partial charge in [0.1, 0.15) is 0 Å². The van der Waals surface area contributed by atoms with Crippen molar-refractivity contribution in [3.8, 4) is 0 Å². The number of benzene rings is 1. The Morgan fingerprint density at radius 2 is 1.86 bits per heavy atom. The molecule has 2 aliphatic heterocycles. The summed E-state index contributed by atoms with van der Waals surface area (Å²) in [5.41, 5.74) is 1.75. The van der Waals surface area contributed by atoms with Crippen LogP contribution in [0.25, 0.3) is 0 Å². The summed E-state index contributed by atoms with van der Waals surface area (Å²) < 4.78 is 0. The minimum atomic E-state index is -0.285. The maximum Gasteiger partial charge on any atom is 0.251 e. The van der Waals surface area contributed by atoms with Crippen molar-refractivity contribution in [3.05, 3.63) is 29.8 Å². The Hall–Kier alpha value is -1.72. The van der Waals surface area contributed by atoms with Gasteiger partial charge in [0, 0.05) is 26.2 Å². The maximum atomic E-state index is 12.7. The van der Waals surface area contributed by atoms with Crippen molar-refractivity contribution in [2.45, 2.75) is 26.3 Å². The predicted molar refractivity (Wildman–Crippen MR) is 85.8 cm³/mol. The molecular formula is C17H23N3O2. The molecule has 0 N–H and O–H groups in total. The molecule has 1 atom stereocenters.